The predicted octanol–water partition coefficient (Wildman–Crippen LogP) is 5.12. The SMILES string of the molecule is CCNc1nc(-c2ccc(Br)c(F)c2)nc(C2CC2)c1Br. The van der Waals surface area contributed by atoms with Crippen LogP contribution in [0.15, 0.2) is 27.1 Å². The molecule has 0 aliphatic heterocycles. The molecule has 0 saturated heterocycles. The lowest BCUT2D eigenvalue weighted by atomic mass is 10.2. The van der Waals surface area contributed by atoms with Crippen molar-refractivity contribution in [3.05, 3.63) is 38.7 Å². The molecule has 21 heavy (non-hydrogen) atoms. The fourth-order valence-corrected chi connectivity index (χ4v) is 3.03. The van der Waals surface area contributed by atoms with Crippen molar-refractivity contribution in [1.29, 1.82) is 0 Å². The third kappa shape index (κ3) is 3.11. The highest BCUT2D eigenvalue weighted by molar-refractivity contribution is 9.11. The second-order valence-corrected chi connectivity index (χ2v) is 6.68. The average molecular weight is 415 g/mol. The van der Waals surface area contributed by atoms with E-state index in [0.29, 0.717) is 21.8 Å². The van der Waals surface area contributed by atoms with Gasteiger partial charge < -0.3 is 5.32 Å². The molecule has 2 aromatic rings. The van der Waals surface area contributed by atoms with E-state index in [2.05, 4.69) is 47.1 Å². The van der Waals surface area contributed by atoms with Crippen molar-refractivity contribution in [2.75, 3.05) is 11.9 Å². The molecule has 1 heterocycles. The van der Waals surface area contributed by atoms with Crippen LogP contribution in [0, 0.1) is 5.82 Å². The van der Waals surface area contributed by atoms with E-state index >= 15 is 0 Å². The van der Waals surface area contributed by atoms with Crippen molar-refractivity contribution >= 4 is 37.7 Å². The van der Waals surface area contributed by atoms with Gasteiger partial charge in [0.25, 0.3) is 0 Å². The lowest BCUT2D eigenvalue weighted by molar-refractivity contribution is 0.621. The van der Waals surface area contributed by atoms with E-state index in [9.17, 15) is 4.39 Å². The topological polar surface area (TPSA) is 37.8 Å². The summed E-state index contributed by atoms with van der Waals surface area (Å²) in [4.78, 5) is 9.16. The van der Waals surface area contributed by atoms with Crippen LogP contribution in [0.25, 0.3) is 11.4 Å². The largest absolute Gasteiger partial charge is 0.369 e. The summed E-state index contributed by atoms with van der Waals surface area (Å²) in [6.07, 6.45) is 2.30. The molecule has 1 N–H and O–H groups in total. The van der Waals surface area contributed by atoms with E-state index in [1.807, 2.05) is 13.0 Å². The Kier molecular flexibility index (Phi) is 4.26. The number of aromatic nitrogens is 2. The zero-order valence-corrected chi connectivity index (χ0v) is 14.6. The standard InChI is InChI=1S/C15H14Br2FN3/c1-2-19-15-12(17)13(8-3-4-8)20-14(21-15)9-5-6-10(16)11(18)7-9/h5-8H,2-4H2,1H3,(H,19,20,21). The number of rotatable bonds is 4. The maximum Gasteiger partial charge on any atom is 0.161 e. The number of benzene rings is 1. The molecule has 0 radical (unpaired) electrons. The van der Waals surface area contributed by atoms with Crippen LogP contribution >= 0.6 is 31.9 Å². The summed E-state index contributed by atoms with van der Waals surface area (Å²) in [6.45, 7) is 2.79. The smallest absolute Gasteiger partial charge is 0.161 e. The van der Waals surface area contributed by atoms with Gasteiger partial charge in [-0.3, -0.25) is 0 Å². The lowest BCUT2D eigenvalue weighted by Gasteiger charge is -2.12. The Bertz CT molecular complexity index is 687. The van der Waals surface area contributed by atoms with Gasteiger partial charge in [0.15, 0.2) is 5.82 Å². The van der Waals surface area contributed by atoms with E-state index in [0.717, 1.165) is 35.4 Å². The highest BCUT2D eigenvalue weighted by Crippen LogP contribution is 2.44. The predicted molar refractivity (Wildman–Crippen MR) is 89.0 cm³/mol. The maximum absolute atomic E-state index is 13.7. The van der Waals surface area contributed by atoms with Gasteiger partial charge in [0, 0.05) is 18.0 Å². The molecule has 0 atom stereocenters. The lowest BCUT2D eigenvalue weighted by Crippen LogP contribution is -2.06. The van der Waals surface area contributed by atoms with Gasteiger partial charge in [-0.2, -0.15) is 0 Å². The Labute approximate surface area is 139 Å². The zero-order chi connectivity index (χ0) is 15.0. The molecule has 1 aromatic heterocycles. The Morgan fingerprint density at radius 3 is 2.67 bits per heavy atom. The van der Waals surface area contributed by atoms with Gasteiger partial charge in [0.2, 0.25) is 0 Å². The second kappa shape index (κ2) is 6.01. The molecule has 6 heteroatoms. The van der Waals surface area contributed by atoms with Crippen molar-refractivity contribution < 1.29 is 4.39 Å². The second-order valence-electron chi connectivity index (χ2n) is 5.03. The minimum Gasteiger partial charge on any atom is -0.369 e. The molecule has 1 saturated carbocycles. The quantitative estimate of drug-likeness (QED) is 0.754. The van der Waals surface area contributed by atoms with E-state index in [-0.39, 0.29) is 5.82 Å². The van der Waals surface area contributed by atoms with Gasteiger partial charge in [-0.25, -0.2) is 14.4 Å². The summed E-state index contributed by atoms with van der Waals surface area (Å²) in [5, 5.41) is 3.23. The molecule has 0 spiro atoms. The van der Waals surface area contributed by atoms with Crippen LogP contribution in [0.3, 0.4) is 0 Å². The van der Waals surface area contributed by atoms with Gasteiger partial charge in [0.1, 0.15) is 11.6 Å². The van der Waals surface area contributed by atoms with Crippen molar-refractivity contribution in [3.8, 4) is 11.4 Å². The number of nitrogens with zero attached hydrogens (tertiary/aromatic N) is 2. The van der Waals surface area contributed by atoms with Gasteiger partial charge in [-0.05, 0) is 69.8 Å². The molecule has 3 nitrogen and oxygen atoms in total. The van der Waals surface area contributed by atoms with Crippen LogP contribution < -0.4 is 5.32 Å². The van der Waals surface area contributed by atoms with Gasteiger partial charge in [-0.1, -0.05) is 0 Å². The molecule has 1 fully saturated rings. The highest BCUT2D eigenvalue weighted by Gasteiger charge is 2.29. The first-order chi connectivity index (χ1) is 10.1. The van der Waals surface area contributed by atoms with E-state index in [4.69, 9.17) is 0 Å². The van der Waals surface area contributed by atoms with Crippen LogP contribution in [0.5, 0.6) is 0 Å². The minimum atomic E-state index is -0.308. The molecule has 0 bridgehead atoms. The summed E-state index contributed by atoms with van der Waals surface area (Å²) in [6, 6.07) is 4.96. The van der Waals surface area contributed by atoms with Gasteiger partial charge in [-0.15, -0.1) is 0 Å². The van der Waals surface area contributed by atoms with Gasteiger partial charge >= 0.3 is 0 Å². The molecule has 0 unspecified atom stereocenters. The monoisotopic (exact) mass is 413 g/mol. The van der Waals surface area contributed by atoms with Crippen LogP contribution in [0.2, 0.25) is 0 Å². The Morgan fingerprint density at radius 2 is 2.05 bits per heavy atom. The molecular formula is C15H14Br2FN3. The normalized spacial score (nSPS) is 14.3. The molecule has 1 aromatic carbocycles. The number of anilines is 1. The van der Waals surface area contributed by atoms with Crippen molar-refractivity contribution in [1.82, 2.24) is 9.97 Å². The molecular weight excluding hydrogens is 401 g/mol. The Balaban J connectivity index is 2.10. The molecule has 3 rings (SSSR count). The van der Waals surface area contributed by atoms with Crippen LogP contribution in [0.4, 0.5) is 10.2 Å². The average Bonchev–Trinajstić information content (AvgIpc) is 3.29. The third-order valence-corrected chi connectivity index (χ3v) is 4.79. The summed E-state index contributed by atoms with van der Waals surface area (Å²) < 4.78 is 15.1. The van der Waals surface area contributed by atoms with Crippen LogP contribution in [0.1, 0.15) is 31.4 Å². The minimum absolute atomic E-state index is 0.308. The van der Waals surface area contributed by atoms with Crippen molar-refractivity contribution in [2.45, 2.75) is 25.7 Å². The van der Waals surface area contributed by atoms with E-state index in [1.54, 1.807) is 6.07 Å². The Hall–Kier alpha value is -1.01. The number of hydrogen-bond acceptors (Lipinski definition) is 3. The number of halogens is 3. The maximum atomic E-state index is 13.7. The molecule has 1 aliphatic carbocycles. The molecule has 0 amide bonds. The van der Waals surface area contributed by atoms with Crippen molar-refractivity contribution in [3.63, 3.8) is 0 Å². The number of hydrogen-bond donors (Lipinski definition) is 1. The first-order valence-electron chi connectivity index (χ1n) is 6.87. The summed E-state index contributed by atoms with van der Waals surface area (Å²) in [5.41, 5.74) is 1.70. The van der Waals surface area contributed by atoms with Crippen LogP contribution in [-0.4, -0.2) is 16.5 Å². The molecule has 110 valence electrons. The molecule has 1 aliphatic rings. The van der Waals surface area contributed by atoms with Gasteiger partial charge in [0.05, 0.1) is 14.6 Å². The Morgan fingerprint density at radius 1 is 1.29 bits per heavy atom. The summed E-state index contributed by atoms with van der Waals surface area (Å²) in [7, 11) is 0. The van der Waals surface area contributed by atoms with Crippen molar-refractivity contribution in [2.24, 2.45) is 0 Å². The summed E-state index contributed by atoms with van der Waals surface area (Å²) in [5.74, 6) is 1.51. The van der Waals surface area contributed by atoms with E-state index in [1.165, 1.54) is 6.07 Å². The first-order valence-corrected chi connectivity index (χ1v) is 8.45. The van der Waals surface area contributed by atoms with E-state index < -0.39 is 0 Å². The highest BCUT2D eigenvalue weighted by atomic mass is 79.9. The fraction of sp³-hybridized carbons (Fsp3) is 0.333. The first kappa shape index (κ1) is 14.9. The fourth-order valence-electron chi connectivity index (χ4n) is 2.14. The number of nitrogens with one attached hydrogen (secondary N) is 1. The third-order valence-electron chi connectivity index (χ3n) is 3.36. The summed E-state index contributed by atoms with van der Waals surface area (Å²) >= 11 is 6.75. The zero-order valence-electron chi connectivity index (χ0n) is 11.5. The van der Waals surface area contributed by atoms with Crippen LogP contribution in [-0.2, 0) is 0 Å².